The summed E-state index contributed by atoms with van der Waals surface area (Å²) in [6.07, 6.45) is 4.57. The number of fused-ring (bicyclic) bond motifs is 3. The number of nitrogens with zero attached hydrogens (tertiary/aromatic N) is 4. The molecule has 32 heavy (non-hydrogen) atoms. The van der Waals surface area contributed by atoms with Crippen molar-refractivity contribution >= 4 is 28.2 Å². The fourth-order valence-electron chi connectivity index (χ4n) is 4.46. The normalized spacial score (nSPS) is 15.3. The molecule has 0 saturated carbocycles. The molecule has 0 spiro atoms. The molecule has 6 rings (SSSR count). The summed E-state index contributed by atoms with van der Waals surface area (Å²) in [6, 6.07) is 14.2. The summed E-state index contributed by atoms with van der Waals surface area (Å²) >= 11 is 1.65. The maximum Gasteiger partial charge on any atom is 0.304 e. The monoisotopic (exact) mass is 442 g/mol. The van der Waals surface area contributed by atoms with Crippen molar-refractivity contribution in [1.29, 1.82) is 0 Å². The van der Waals surface area contributed by atoms with Crippen LogP contribution in [0.25, 0.3) is 44.2 Å². The van der Waals surface area contributed by atoms with Crippen LogP contribution in [0.1, 0.15) is 24.5 Å². The van der Waals surface area contributed by atoms with Crippen LogP contribution in [0.5, 0.6) is 0 Å². The Morgan fingerprint density at radius 3 is 2.91 bits per heavy atom. The van der Waals surface area contributed by atoms with Crippen molar-refractivity contribution in [1.82, 2.24) is 19.7 Å². The van der Waals surface area contributed by atoms with Gasteiger partial charge in [0.25, 0.3) is 5.89 Å². The lowest BCUT2D eigenvalue weighted by Gasteiger charge is -2.04. The van der Waals surface area contributed by atoms with E-state index >= 15 is 0 Å². The van der Waals surface area contributed by atoms with Gasteiger partial charge in [0.15, 0.2) is 0 Å². The number of hydrogen-bond donors (Lipinski definition) is 1. The zero-order valence-corrected chi connectivity index (χ0v) is 17.7. The zero-order valence-electron chi connectivity index (χ0n) is 16.9. The standard InChI is InChI=1S/C24H18N4O3S/c29-22(30)11-14-5-6-28-19-4-3-15(8-16(19)10-20(14)28)23-26-24(31-27-23)18-9-17(12-25-13-18)21-2-1-7-32-21/h1-4,7-10,12-14H,5-6,11H2,(H,29,30)/t14-/m1/s1. The van der Waals surface area contributed by atoms with Gasteiger partial charge >= 0.3 is 5.97 Å². The van der Waals surface area contributed by atoms with Gasteiger partial charge < -0.3 is 14.2 Å². The molecule has 1 aliphatic heterocycles. The van der Waals surface area contributed by atoms with Crippen LogP contribution < -0.4 is 0 Å². The van der Waals surface area contributed by atoms with Gasteiger partial charge in [-0.2, -0.15) is 4.98 Å². The van der Waals surface area contributed by atoms with Crippen LogP contribution in [0.2, 0.25) is 0 Å². The molecule has 5 heterocycles. The van der Waals surface area contributed by atoms with E-state index in [4.69, 9.17) is 4.52 Å². The Morgan fingerprint density at radius 2 is 2.06 bits per heavy atom. The largest absolute Gasteiger partial charge is 0.481 e. The van der Waals surface area contributed by atoms with Gasteiger partial charge in [0.05, 0.1) is 12.0 Å². The van der Waals surface area contributed by atoms with Crippen molar-refractivity contribution in [2.75, 3.05) is 0 Å². The molecule has 0 bridgehead atoms. The number of carbonyl (C=O) groups is 1. The molecule has 0 fully saturated rings. The Kier molecular flexibility index (Phi) is 4.39. The lowest BCUT2D eigenvalue weighted by Crippen LogP contribution is -2.02. The molecule has 4 aromatic heterocycles. The first-order valence-electron chi connectivity index (χ1n) is 10.3. The Labute approximate surface area is 187 Å². The Hall–Kier alpha value is -3.78. The van der Waals surface area contributed by atoms with Crippen molar-refractivity contribution in [3.63, 3.8) is 0 Å². The Balaban J connectivity index is 1.33. The van der Waals surface area contributed by atoms with Crippen LogP contribution in [-0.4, -0.2) is 30.8 Å². The Bertz CT molecular complexity index is 1450. The second-order valence-corrected chi connectivity index (χ2v) is 8.89. The predicted octanol–water partition coefficient (Wildman–Crippen LogP) is 5.44. The quantitative estimate of drug-likeness (QED) is 0.389. The minimum atomic E-state index is -0.758. The number of aliphatic carboxylic acids is 1. The van der Waals surface area contributed by atoms with E-state index in [1.807, 2.05) is 41.9 Å². The molecular weight excluding hydrogens is 424 g/mol. The van der Waals surface area contributed by atoms with E-state index < -0.39 is 5.97 Å². The SMILES string of the molecule is O=C(O)C[C@H]1CCn2c1cc1cc(-c3noc(-c4cncc(-c5cccs5)c4)n3)ccc12. The number of benzene rings is 1. The topological polar surface area (TPSA) is 94.0 Å². The van der Waals surface area contributed by atoms with Gasteiger partial charge in [0, 0.05) is 57.5 Å². The average Bonchev–Trinajstić information content (AvgIpc) is 3.58. The molecule has 5 aromatic rings. The molecule has 0 amide bonds. The number of aromatic nitrogens is 4. The minimum Gasteiger partial charge on any atom is -0.481 e. The maximum absolute atomic E-state index is 11.2. The van der Waals surface area contributed by atoms with E-state index in [1.165, 1.54) is 0 Å². The van der Waals surface area contributed by atoms with Crippen molar-refractivity contribution < 1.29 is 14.4 Å². The number of pyridine rings is 1. The molecular formula is C24H18N4O3S. The molecule has 158 valence electrons. The van der Waals surface area contributed by atoms with Gasteiger partial charge in [0.1, 0.15) is 0 Å². The fourth-order valence-corrected chi connectivity index (χ4v) is 5.17. The lowest BCUT2D eigenvalue weighted by molar-refractivity contribution is -0.137. The highest BCUT2D eigenvalue weighted by atomic mass is 32.1. The van der Waals surface area contributed by atoms with Crippen LogP contribution in [0, 0.1) is 0 Å². The van der Waals surface area contributed by atoms with Gasteiger partial charge in [-0.25, -0.2) is 0 Å². The highest BCUT2D eigenvalue weighted by Gasteiger charge is 2.27. The van der Waals surface area contributed by atoms with E-state index in [0.717, 1.165) is 51.1 Å². The lowest BCUT2D eigenvalue weighted by atomic mass is 10.0. The van der Waals surface area contributed by atoms with Crippen LogP contribution >= 0.6 is 11.3 Å². The number of rotatable bonds is 5. The number of carboxylic acids is 1. The fraction of sp³-hybridized carbons (Fsp3) is 0.167. The third kappa shape index (κ3) is 3.20. The van der Waals surface area contributed by atoms with Gasteiger partial charge in [-0.3, -0.25) is 9.78 Å². The Morgan fingerprint density at radius 1 is 1.16 bits per heavy atom. The molecule has 1 atom stereocenters. The first-order valence-corrected chi connectivity index (χ1v) is 11.2. The van der Waals surface area contributed by atoms with Crippen molar-refractivity contribution in [3.8, 4) is 33.3 Å². The molecule has 1 N–H and O–H groups in total. The summed E-state index contributed by atoms with van der Waals surface area (Å²) in [5.41, 5.74) is 4.83. The third-order valence-corrected chi connectivity index (χ3v) is 6.87. The maximum atomic E-state index is 11.2. The van der Waals surface area contributed by atoms with Gasteiger partial charge in [-0.05, 0) is 48.2 Å². The predicted molar refractivity (Wildman–Crippen MR) is 121 cm³/mol. The van der Waals surface area contributed by atoms with Gasteiger partial charge in [-0.15, -0.1) is 11.3 Å². The van der Waals surface area contributed by atoms with Crippen molar-refractivity contribution in [2.24, 2.45) is 0 Å². The molecule has 1 aromatic carbocycles. The molecule has 1 aliphatic rings. The summed E-state index contributed by atoms with van der Waals surface area (Å²) in [4.78, 5) is 21.2. The first kappa shape index (κ1) is 18.9. The zero-order chi connectivity index (χ0) is 21.7. The van der Waals surface area contributed by atoms with E-state index in [1.54, 1.807) is 17.5 Å². The van der Waals surface area contributed by atoms with Gasteiger partial charge in [0.2, 0.25) is 5.82 Å². The third-order valence-electron chi connectivity index (χ3n) is 5.95. The molecule has 0 radical (unpaired) electrons. The van der Waals surface area contributed by atoms with Crippen LogP contribution in [0.4, 0.5) is 0 Å². The van der Waals surface area contributed by atoms with Gasteiger partial charge in [-0.1, -0.05) is 11.2 Å². The summed E-state index contributed by atoms with van der Waals surface area (Å²) in [7, 11) is 0. The van der Waals surface area contributed by atoms with Crippen molar-refractivity contribution in [2.45, 2.75) is 25.3 Å². The summed E-state index contributed by atoms with van der Waals surface area (Å²) in [5.74, 6) is 0.235. The van der Waals surface area contributed by atoms with E-state index in [0.29, 0.717) is 11.7 Å². The highest BCUT2D eigenvalue weighted by Crippen LogP contribution is 2.37. The number of thiophene rings is 1. The molecule has 8 heteroatoms. The van der Waals surface area contributed by atoms with Crippen LogP contribution in [-0.2, 0) is 11.3 Å². The summed E-state index contributed by atoms with van der Waals surface area (Å²) in [5, 5.41) is 16.5. The summed E-state index contributed by atoms with van der Waals surface area (Å²) < 4.78 is 7.76. The molecule has 0 aliphatic carbocycles. The van der Waals surface area contributed by atoms with Crippen molar-refractivity contribution in [3.05, 3.63) is 65.9 Å². The first-order chi connectivity index (χ1) is 15.7. The molecule has 7 nitrogen and oxygen atoms in total. The number of aryl methyl sites for hydroxylation is 1. The average molecular weight is 443 g/mol. The van der Waals surface area contributed by atoms with Crippen LogP contribution in [0.3, 0.4) is 0 Å². The molecule has 0 saturated heterocycles. The van der Waals surface area contributed by atoms with E-state index in [-0.39, 0.29) is 12.3 Å². The second-order valence-electron chi connectivity index (χ2n) is 7.94. The van der Waals surface area contributed by atoms with E-state index in [2.05, 4.69) is 31.8 Å². The second kappa shape index (κ2) is 7.42. The van der Waals surface area contributed by atoms with E-state index in [9.17, 15) is 9.90 Å². The highest BCUT2D eigenvalue weighted by molar-refractivity contribution is 7.13. The van der Waals surface area contributed by atoms with Crippen LogP contribution in [0.15, 0.2) is 64.8 Å². The number of hydrogen-bond acceptors (Lipinski definition) is 6. The summed E-state index contributed by atoms with van der Waals surface area (Å²) in [6.45, 7) is 0.843. The minimum absolute atomic E-state index is 0.0586. The number of carboxylic acid groups (broad SMARTS) is 1. The molecule has 0 unspecified atom stereocenters. The smallest absolute Gasteiger partial charge is 0.304 e.